The fourth-order valence-electron chi connectivity index (χ4n) is 3.47. The molecule has 1 amide bonds. The van der Waals surface area contributed by atoms with Crippen molar-refractivity contribution in [2.75, 3.05) is 13.1 Å². The van der Waals surface area contributed by atoms with E-state index in [9.17, 15) is 17.6 Å². The zero-order valence-corrected chi connectivity index (χ0v) is 16.9. The molecule has 1 saturated heterocycles. The lowest BCUT2D eigenvalue weighted by molar-refractivity contribution is 0.0947. The van der Waals surface area contributed by atoms with E-state index in [2.05, 4.69) is 5.32 Å². The highest BCUT2D eigenvalue weighted by atomic mass is 32.2. The average molecular weight is 411 g/mol. The fraction of sp³-hybridized carbons (Fsp3) is 0.421. The van der Waals surface area contributed by atoms with Crippen LogP contribution in [0.5, 0.6) is 0 Å². The first-order valence-corrected chi connectivity index (χ1v) is 11.2. The van der Waals surface area contributed by atoms with Gasteiger partial charge in [0.2, 0.25) is 10.0 Å². The highest BCUT2D eigenvalue weighted by molar-refractivity contribution is 7.89. The van der Waals surface area contributed by atoms with Gasteiger partial charge in [-0.25, -0.2) is 12.8 Å². The number of halogens is 1. The van der Waals surface area contributed by atoms with Gasteiger partial charge < -0.3 is 5.32 Å². The number of hydrogen-bond acceptors (Lipinski definition) is 4. The first-order valence-electron chi connectivity index (χ1n) is 8.87. The van der Waals surface area contributed by atoms with Crippen LogP contribution in [0.15, 0.2) is 40.6 Å². The van der Waals surface area contributed by atoms with Crippen molar-refractivity contribution < 1.29 is 17.6 Å². The second kappa shape index (κ2) is 8.08. The molecule has 0 spiro atoms. The number of benzene rings is 1. The Kier molecular flexibility index (Phi) is 5.98. The highest BCUT2D eigenvalue weighted by Crippen LogP contribution is 2.27. The summed E-state index contributed by atoms with van der Waals surface area (Å²) in [5, 5.41) is 4.52. The SMILES string of the molecule is CC1CC(C)CN(S(=O)(=O)c2ccc(F)c(C(=O)NCc3cccs3)c2)C1. The average Bonchev–Trinajstić information content (AvgIpc) is 3.12. The number of thiophene rings is 1. The summed E-state index contributed by atoms with van der Waals surface area (Å²) in [7, 11) is -3.77. The molecule has 1 aliphatic heterocycles. The first kappa shape index (κ1) is 20.0. The van der Waals surface area contributed by atoms with Crippen LogP contribution in [0.4, 0.5) is 4.39 Å². The molecule has 5 nitrogen and oxygen atoms in total. The standard InChI is InChI=1S/C19H23FN2O3S2/c1-13-8-14(2)12-22(11-13)27(24,25)16-5-6-18(20)17(9-16)19(23)21-10-15-4-3-7-26-15/h3-7,9,13-14H,8,10-12H2,1-2H3,(H,21,23). The normalized spacial score (nSPS) is 21.1. The predicted molar refractivity (Wildman–Crippen MR) is 104 cm³/mol. The van der Waals surface area contributed by atoms with E-state index in [1.54, 1.807) is 0 Å². The maximum atomic E-state index is 14.2. The summed E-state index contributed by atoms with van der Waals surface area (Å²) in [6.07, 6.45) is 0.978. The van der Waals surface area contributed by atoms with Crippen molar-refractivity contribution in [1.29, 1.82) is 0 Å². The zero-order valence-electron chi connectivity index (χ0n) is 15.3. The van der Waals surface area contributed by atoms with Crippen LogP contribution in [0.2, 0.25) is 0 Å². The Morgan fingerprint density at radius 1 is 1.26 bits per heavy atom. The van der Waals surface area contributed by atoms with Crippen LogP contribution < -0.4 is 5.32 Å². The Morgan fingerprint density at radius 2 is 1.96 bits per heavy atom. The van der Waals surface area contributed by atoms with Crippen LogP contribution in [0.25, 0.3) is 0 Å². The van der Waals surface area contributed by atoms with E-state index in [1.807, 2.05) is 31.4 Å². The van der Waals surface area contributed by atoms with Crippen molar-refractivity contribution in [3.05, 3.63) is 52.0 Å². The molecule has 2 atom stereocenters. The number of carbonyl (C=O) groups is 1. The molecule has 0 aliphatic carbocycles. The zero-order chi connectivity index (χ0) is 19.6. The monoisotopic (exact) mass is 410 g/mol. The van der Waals surface area contributed by atoms with Gasteiger partial charge >= 0.3 is 0 Å². The van der Waals surface area contributed by atoms with Gasteiger partial charge in [0, 0.05) is 18.0 Å². The molecule has 1 N–H and O–H groups in total. The Bertz CT molecular complexity index is 903. The topological polar surface area (TPSA) is 66.5 Å². The van der Waals surface area contributed by atoms with Crippen molar-refractivity contribution >= 4 is 27.3 Å². The molecule has 2 unspecified atom stereocenters. The Morgan fingerprint density at radius 3 is 2.59 bits per heavy atom. The molecule has 1 aliphatic rings. The Hall–Kier alpha value is -1.77. The molecule has 1 fully saturated rings. The van der Waals surface area contributed by atoms with Crippen molar-refractivity contribution in [3.8, 4) is 0 Å². The first-order chi connectivity index (χ1) is 12.8. The molecule has 8 heteroatoms. The minimum atomic E-state index is -3.77. The maximum absolute atomic E-state index is 14.2. The van der Waals surface area contributed by atoms with Crippen LogP contribution in [-0.2, 0) is 16.6 Å². The van der Waals surface area contributed by atoms with Gasteiger partial charge in [0.25, 0.3) is 5.91 Å². The number of hydrogen-bond donors (Lipinski definition) is 1. The number of piperidine rings is 1. The Balaban J connectivity index is 1.82. The van der Waals surface area contributed by atoms with Crippen LogP contribution in [0.3, 0.4) is 0 Å². The summed E-state index contributed by atoms with van der Waals surface area (Å²) in [4.78, 5) is 13.2. The second-order valence-electron chi connectivity index (χ2n) is 7.17. The molecule has 146 valence electrons. The fourth-order valence-corrected chi connectivity index (χ4v) is 5.82. The third-order valence-corrected chi connectivity index (χ3v) is 7.36. The van der Waals surface area contributed by atoms with E-state index in [-0.39, 0.29) is 28.8 Å². The van der Waals surface area contributed by atoms with E-state index in [0.717, 1.165) is 23.4 Å². The number of sulfonamides is 1. The molecule has 0 bridgehead atoms. The summed E-state index contributed by atoms with van der Waals surface area (Å²) in [5.41, 5.74) is -0.259. The van der Waals surface area contributed by atoms with Gasteiger partial charge in [0.05, 0.1) is 17.0 Å². The highest BCUT2D eigenvalue weighted by Gasteiger charge is 2.32. The van der Waals surface area contributed by atoms with E-state index in [0.29, 0.717) is 13.1 Å². The van der Waals surface area contributed by atoms with E-state index in [1.165, 1.54) is 21.7 Å². The van der Waals surface area contributed by atoms with Gasteiger partial charge in [0.1, 0.15) is 5.82 Å². The van der Waals surface area contributed by atoms with Crippen molar-refractivity contribution in [2.24, 2.45) is 11.8 Å². The van der Waals surface area contributed by atoms with Gasteiger partial charge in [0.15, 0.2) is 0 Å². The lowest BCUT2D eigenvalue weighted by Gasteiger charge is -2.34. The summed E-state index contributed by atoms with van der Waals surface area (Å²) in [5.74, 6) is -0.841. The summed E-state index contributed by atoms with van der Waals surface area (Å²) in [6, 6.07) is 7.13. The largest absolute Gasteiger partial charge is 0.347 e. The minimum absolute atomic E-state index is 0.0496. The third-order valence-electron chi connectivity index (χ3n) is 4.66. The van der Waals surface area contributed by atoms with E-state index >= 15 is 0 Å². The molecule has 2 aromatic rings. The van der Waals surface area contributed by atoms with Crippen LogP contribution in [-0.4, -0.2) is 31.7 Å². The number of carbonyl (C=O) groups excluding carboxylic acids is 1. The van der Waals surface area contributed by atoms with Crippen molar-refractivity contribution in [1.82, 2.24) is 9.62 Å². The number of nitrogens with zero attached hydrogens (tertiary/aromatic N) is 1. The van der Waals surface area contributed by atoms with Gasteiger partial charge in [-0.15, -0.1) is 11.3 Å². The number of rotatable bonds is 5. The minimum Gasteiger partial charge on any atom is -0.347 e. The Labute approximate surface area is 163 Å². The van der Waals surface area contributed by atoms with Crippen molar-refractivity contribution in [3.63, 3.8) is 0 Å². The van der Waals surface area contributed by atoms with Gasteiger partial charge in [-0.05, 0) is 47.9 Å². The van der Waals surface area contributed by atoms with Crippen molar-refractivity contribution in [2.45, 2.75) is 31.7 Å². The van der Waals surface area contributed by atoms with Crippen LogP contribution in [0.1, 0.15) is 35.5 Å². The molecular formula is C19H23FN2O3S2. The number of amides is 1. The third kappa shape index (κ3) is 4.56. The molecular weight excluding hydrogens is 387 g/mol. The predicted octanol–water partition coefficient (Wildman–Crippen LogP) is 3.48. The number of nitrogens with one attached hydrogen (secondary N) is 1. The lowest BCUT2D eigenvalue weighted by Crippen LogP contribution is -2.42. The maximum Gasteiger partial charge on any atom is 0.254 e. The molecule has 27 heavy (non-hydrogen) atoms. The molecule has 1 aromatic heterocycles. The van der Waals surface area contributed by atoms with Gasteiger partial charge in [-0.1, -0.05) is 19.9 Å². The van der Waals surface area contributed by atoms with Crippen LogP contribution >= 0.6 is 11.3 Å². The molecule has 3 rings (SSSR count). The smallest absolute Gasteiger partial charge is 0.254 e. The summed E-state index contributed by atoms with van der Waals surface area (Å²) >= 11 is 1.48. The molecule has 1 aromatic carbocycles. The van der Waals surface area contributed by atoms with Crippen LogP contribution in [0, 0.1) is 17.7 Å². The second-order valence-corrected chi connectivity index (χ2v) is 10.1. The summed E-state index contributed by atoms with van der Waals surface area (Å²) < 4.78 is 41.6. The van der Waals surface area contributed by atoms with Gasteiger partial charge in [-0.2, -0.15) is 4.31 Å². The lowest BCUT2D eigenvalue weighted by atomic mass is 9.94. The molecule has 0 saturated carbocycles. The molecule has 0 radical (unpaired) electrons. The van der Waals surface area contributed by atoms with E-state index in [4.69, 9.17) is 0 Å². The quantitative estimate of drug-likeness (QED) is 0.821. The summed E-state index contributed by atoms with van der Waals surface area (Å²) in [6.45, 7) is 5.18. The van der Waals surface area contributed by atoms with E-state index < -0.39 is 21.7 Å². The van der Waals surface area contributed by atoms with Gasteiger partial charge in [-0.3, -0.25) is 4.79 Å². The molecule has 2 heterocycles.